The first kappa shape index (κ1) is 18.6. The van der Waals surface area contributed by atoms with E-state index in [4.69, 9.17) is 16.3 Å². The van der Waals surface area contributed by atoms with Crippen molar-refractivity contribution in [3.05, 3.63) is 57.5 Å². The SMILES string of the molecule is COc1ccc(Cl)cc1N1CCC(NC(=O)C2(c3ccc(Br)cc3)CC2)C1. The number of halogens is 2. The Balaban J connectivity index is 1.44. The summed E-state index contributed by atoms with van der Waals surface area (Å²) in [6, 6.07) is 13.9. The van der Waals surface area contributed by atoms with Gasteiger partial charge >= 0.3 is 0 Å². The van der Waals surface area contributed by atoms with Gasteiger partial charge in [-0.15, -0.1) is 0 Å². The highest BCUT2D eigenvalue weighted by atomic mass is 79.9. The predicted octanol–water partition coefficient (Wildman–Crippen LogP) is 4.54. The Labute approximate surface area is 173 Å². The average molecular weight is 450 g/mol. The molecule has 142 valence electrons. The topological polar surface area (TPSA) is 41.6 Å². The van der Waals surface area contributed by atoms with Crippen LogP contribution in [0.25, 0.3) is 0 Å². The molecule has 1 amide bonds. The second kappa shape index (κ2) is 7.36. The normalized spacial score (nSPS) is 20.4. The average Bonchev–Trinajstić information content (AvgIpc) is 3.35. The lowest BCUT2D eigenvalue weighted by Gasteiger charge is -2.23. The molecule has 1 atom stereocenters. The number of nitrogens with one attached hydrogen (secondary N) is 1. The molecule has 2 aromatic carbocycles. The van der Waals surface area contributed by atoms with Gasteiger partial charge in [-0.2, -0.15) is 0 Å². The maximum Gasteiger partial charge on any atom is 0.230 e. The molecule has 2 aliphatic rings. The van der Waals surface area contributed by atoms with Crippen molar-refractivity contribution in [1.82, 2.24) is 5.32 Å². The van der Waals surface area contributed by atoms with Gasteiger partial charge in [0, 0.05) is 28.6 Å². The van der Waals surface area contributed by atoms with E-state index in [-0.39, 0.29) is 17.4 Å². The number of benzene rings is 2. The lowest BCUT2D eigenvalue weighted by Crippen LogP contribution is -2.43. The molecule has 1 saturated heterocycles. The molecule has 0 radical (unpaired) electrons. The monoisotopic (exact) mass is 448 g/mol. The lowest BCUT2D eigenvalue weighted by molar-refractivity contribution is -0.124. The smallest absolute Gasteiger partial charge is 0.230 e. The molecule has 1 aliphatic heterocycles. The Hall–Kier alpha value is -1.72. The van der Waals surface area contributed by atoms with E-state index in [2.05, 4.69) is 38.3 Å². The summed E-state index contributed by atoms with van der Waals surface area (Å²) in [5, 5.41) is 3.97. The molecule has 2 fully saturated rings. The van der Waals surface area contributed by atoms with Gasteiger partial charge in [0.15, 0.2) is 0 Å². The minimum Gasteiger partial charge on any atom is -0.495 e. The highest BCUT2D eigenvalue weighted by Gasteiger charge is 2.51. The molecule has 6 heteroatoms. The Kier molecular flexibility index (Phi) is 5.08. The van der Waals surface area contributed by atoms with Crippen LogP contribution in [0.2, 0.25) is 5.02 Å². The van der Waals surface area contributed by atoms with Crippen molar-refractivity contribution in [3.63, 3.8) is 0 Å². The van der Waals surface area contributed by atoms with Crippen LogP contribution in [0, 0.1) is 0 Å². The van der Waals surface area contributed by atoms with E-state index in [1.165, 1.54) is 0 Å². The third kappa shape index (κ3) is 3.67. The number of hydrogen-bond acceptors (Lipinski definition) is 3. The zero-order chi connectivity index (χ0) is 19.0. The number of nitrogens with zero attached hydrogens (tertiary/aromatic N) is 1. The van der Waals surface area contributed by atoms with E-state index in [1.807, 2.05) is 30.3 Å². The first-order valence-corrected chi connectivity index (χ1v) is 10.3. The number of methoxy groups -OCH3 is 1. The van der Waals surface area contributed by atoms with E-state index in [0.717, 1.165) is 53.8 Å². The zero-order valence-corrected chi connectivity index (χ0v) is 17.5. The summed E-state index contributed by atoms with van der Waals surface area (Å²) in [5.74, 6) is 0.953. The van der Waals surface area contributed by atoms with Crippen LogP contribution in [0.3, 0.4) is 0 Å². The molecule has 1 unspecified atom stereocenters. The number of anilines is 1. The van der Waals surface area contributed by atoms with Crippen molar-refractivity contribution in [3.8, 4) is 5.75 Å². The van der Waals surface area contributed by atoms with E-state index < -0.39 is 0 Å². The maximum atomic E-state index is 13.0. The van der Waals surface area contributed by atoms with Crippen LogP contribution >= 0.6 is 27.5 Å². The molecule has 0 bridgehead atoms. The molecule has 4 rings (SSSR count). The first-order valence-electron chi connectivity index (χ1n) is 9.17. The fourth-order valence-electron chi connectivity index (χ4n) is 3.87. The molecule has 4 nitrogen and oxygen atoms in total. The van der Waals surface area contributed by atoms with Crippen LogP contribution < -0.4 is 15.0 Å². The molecule has 1 aliphatic carbocycles. The Morgan fingerprint density at radius 3 is 2.67 bits per heavy atom. The van der Waals surface area contributed by atoms with Crippen LogP contribution in [-0.2, 0) is 10.2 Å². The minimum absolute atomic E-state index is 0.133. The highest BCUT2D eigenvalue weighted by molar-refractivity contribution is 9.10. The van der Waals surface area contributed by atoms with Crippen LogP contribution in [-0.4, -0.2) is 32.1 Å². The van der Waals surface area contributed by atoms with E-state index in [1.54, 1.807) is 7.11 Å². The van der Waals surface area contributed by atoms with Gasteiger partial charge in [0.2, 0.25) is 5.91 Å². The number of hydrogen-bond donors (Lipinski definition) is 1. The number of carbonyl (C=O) groups excluding carboxylic acids is 1. The largest absolute Gasteiger partial charge is 0.495 e. The Bertz CT molecular complexity index is 852. The third-order valence-electron chi connectivity index (χ3n) is 5.59. The summed E-state index contributed by atoms with van der Waals surface area (Å²) in [5.41, 5.74) is 1.74. The summed E-state index contributed by atoms with van der Waals surface area (Å²) >= 11 is 9.63. The molecule has 27 heavy (non-hydrogen) atoms. The molecule has 1 heterocycles. The quantitative estimate of drug-likeness (QED) is 0.729. The van der Waals surface area contributed by atoms with Gasteiger partial charge in [-0.3, -0.25) is 4.79 Å². The fourth-order valence-corrected chi connectivity index (χ4v) is 4.30. The second-order valence-corrected chi connectivity index (χ2v) is 8.66. The summed E-state index contributed by atoms with van der Waals surface area (Å²) in [7, 11) is 1.66. The van der Waals surface area contributed by atoms with Crippen molar-refractivity contribution in [2.24, 2.45) is 0 Å². The number of ether oxygens (including phenoxy) is 1. The van der Waals surface area contributed by atoms with Crippen molar-refractivity contribution in [1.29, 1.82) is 0 Å². The number of amides is 1. The standard InChI is InChI=1S/C21H22BrClN2O2/c1-27-19-7-6-16(23)12-18(19)25-11-8-17(13-25)24-20(26)21(9-10-21)14-2-4-15(22)5-3-14/h2-7,12,17H,8-11,13H2,1H3,(H,24,26). The van der Waals surface area contributed by atoms with Crippen molar-refractivity contribution in [2.75, 3.05) is 25.1 Å². The van der Waals surface area contributed by atoms with Crippen LogP contribution in [0.4, 0.5) is 5.69 Å². The molecular weight excluding hydrogens is 428 g/mol. The molecule has 1 saturated carbocycles. The first-order chi connectivity index (χ1) is 13.0. The second-order valence-electron chi connectivity index (χ2n) is 7.31. The molecular formula is C21H22BrClN2O2. The van der Waals surface area contributed by atoms with Gasteiger partial charge in [0.05, 0.1) is 18.2 Å². The fraction of sp³-hybridized carbons (Fsp3) is 0.381. The van der Waals surface area contributed by atoms with Gasteiger partial charge in [-0.05, 0) is 55.2 Å². The zero-order valence-electron chi connectivity index (χ0n) is 15.2. The van der Waals surface area contributed by atoms with Crippen molar-refractivity contribution >= 4 is 39.1 Å². The van der Waals surface area contributed by atoms with Gasteiger partial charge in [-0.1, -0.05) is 39.7 Å². The maximum absolute atomic E-state index is 13.0. The molecule has 0 spiro atoms. The summed E-state index contributed by atoms with van der Waals surface area (Å²) in [6.45, 7) is 1.63. The van der Waals surface area contributed by atoms with E-state index in [9.17, 15) is 4.79 Å². The molecule has 0 aromatic heterocycles. The van der Waals surface area contributed by atoms with Crippen LogP contribution in [0.1, 0.15) is 24.8 Å². The number of rotatable bonds is 5. The summed E-state index contributed by atoms with van der Waals surface area (Å²) in [4.78, 5) is 15.2. The van der Waals surface area contributed by atoms with Gasteiger partial charge < -0.3 is 15.0 Å². The Morgan fingerprint density at radius 2 is 2.00 bits per heavy atom. The van der Waals surface area contributed by atoms with Gasteiger partial charge in [0.25, 0.3) is 0 Å². The summed E-state index contributed by atoms with van der Waals surface area (Å²) in [6.07, 6.45) is 2.75. The van der Waals surface area contributed by atoms with Crippen LogP contribution in [0.15, 0.2) is 46.9 Å². The molecule has 1 N–H and O–H groups in total. The minimum atomic E-state index is -0.345. The van der Waals surface area contributed by atoms with Crippen molar-refractivity contribution < 1.29 is 9.53 Å². The van der Waals surface area contributed by atoms with Crippen molar-refractivity contribution in [2.45, 2.75) is 30.7 Å². The molecule has 2 aromatic rings. The lowest BCUT2D eigenvalue weighted by atomic mass is 9.94. The summed E-state index contributed by atoms with van der Waals surface area (Å²) < 4.78 is 6.50. The van der Waals surface area contributed by atoms with Crippen LogP contribution in [0.5, 0.6) is 5.75 Å². The van der Waals surface area contributed by atoms with Gasteiger partial charge in [0.1, 0.15) is 5.75 Å². The highest BCUT2D eigenvalue weighted by Crippen LogP contribution is 2.48. The third-order valence-corrected chi connectivity index (χ3v) is 6.35. The Morgan fingerprint density at radius 1 is 1.26 bits per heavy atom. The van der Waals surface area contributed by atoms with E-state index in [0.29, 0.717) is 5.02 Å². The predicted molar refractivity (Wildman–Crippen MR) is 112 cm³/mol. The number of carbonyl (C=O) groups is 1. The van der Waals surface area contributed by atoms with E-state index >= 15 is 0 Å². The van der Waals surface area contributed by atoms with Gasteiger partial charge in [-0.25, -0.2) is 0 Å².